The summed E-state index contributed by atoms with van der Waals surface area (Å²) in [5.74, 6) is -0.499. The number of hydrogen-bond acceptors (Lipinski definition) is 1. The summed E-state index contributed by atoms with van der Waals surface area (Å²) in [6.07, 6.45) is 3.81. The number of hydrogen-bond donors (Lipinski definition) is 1. The average Bonchev–Trinajstić information content (AvgIpc) is 2.49. The molecule has 0 aromatic heterocycles. The van der Waals surface area contributed by atoms with E-state index in [4.69, 9.17) is 5.73 Å². The highest BCUT2D eigenvalue weighted by Gasteiger charge is 2.22. The SMILES string of the molecule is NC1CCC(Cc2cc(F)cc(F)c2)C1. The van der Waals surface area contributed by atoms with Crippen LogP contribution in [0.2, 0.25) is 0 Å². The zero-order chi connectivity index (χ0) is 10.8. The van der Waals surface area contributed by atoms with Crippen LogP contribution in [0.4, 0.5) is 8.78 Å². The normalized spacial score (nSPS) is 25.8. The number of nitrogens with two attached hydrogens (primary N) is 1. The lowest BCUT2D eigenvalue weighted by molar-refractivity contribution is 0.525. The first-order chi connectivity index (χ1) is 7.13. The van der Waals surface area contributed by atoms with E-state index in [0.29, 0.717) is 5.92 Å². The molecular weight excluding hydrogens is 196 g/mol. The fraction of sp³-hybridized carbons (Fsp3) is 0.500. The molecule has 82 valence electrons. The number of benzene rings is 1. The smallest absolute Gasteiger partial charge is 0.126 e. The van der Waals surface area contributed by atoms with Crippen LogP contribution < -0.4 is 5.73 Å². The highest BCUT2D eigenvalue weighted by molar-refractivity contribution is 5.18. The molecule has 0 bridgehead atoms. The Balaban J connectivity index is 2.04. The van der Waals surface area contributed by atoms with E-state index < -0.39 is 11.6 Å². The molecule has 15 heavy (non-hydrogen) atoms. The van der Waals surface area contributed by atoms with Gasteiger partial charge >= 0.3 is 0 Å². The fourth-order valence-corrected chi connectivity index (χ4v) is 2.36. The Morgan fingerprint density at radius 3 is 2.33 bits per heavy atom. The van der Waals surface area contributed by atoms with Gasteiger partial charge in [0.25, 0.3) is 0 Å². The van der Waals surface area contributed by atoms with Crippen molar-refractivity contribution in [3.63, 3.8) is 0 Å². The molecule has 0 heterocycles. The molecule has 2 rings (SSSR count). The number of rotatable bonds is 2. The van der Waals surface area contributed by atoms with Gasteiger partial charge in [-0.3, -0.25) is 0 Å². The molecule has 1 aliphatic carbocycles. The molecule has 0 spiro atoms. The molecular formula is C12H15F2N. The maximum atomic E-state index is 12.9. The van der Waals surface area contributed by atoms with E-state index in [-0.39, 0.29) is 6.04 Å². The minimum absolute atomic E-state index is 0.272. The molecule has 1 saturated carbocycles. The molecule has 0 aliphatic heterocycles. The van der Waals surface area contributed by atoms with Crippen LogP contribution >= 0.6 is 0 Å². The molecule has 1 nitrogen and oxygen atoms in total. The Labute approximate surface area is 88.3 Å². The molecule has 1 fully saturated rings. The predicted molar refractivity (Wildman–Crippen MR) is 55.4 cm³/mol. The number of halogens is 2. The summed E-state index contributed by atoms with van der Waals surface area (Å²) in [5.41, 5.74) is 6.53. The topological polar surface area (TPSA) is 26.0 Å². The first kappa shape index (κ1) is 10.6. The maximum Gasteiger partial charge on any atom is 0.126 e. The third-order valence-corrected chi connectivity index (χ3v) is 3.03. The van der Waals surface area contributed by atoms with Gasteiger partial charge in [0.2, 0.25) is 0 Å². The van der Waals surface area contributed by atoms with Gasteiger partial charge in [-0.2, -0.15) is 0 Å². The molecule has 1 aromatic rings. The predicted octanol–water partition coefficient (Wildman–Crippen LogP) is 2.63. The summed E-state index contributed by atoms with van der Waals surface area (Å²) in [5, 5.41) is 0. The van der Waals surface area contributed by atoms with Gasteiger partial charge in [-0.25, -0.2) is 8.78 Å². The van der Waals surface area contributed by atoms with Crippen molar-refractivity contribution in [2.75, 3.05) is 0 Å². The molecule has 1 aliphatic rings. The lowest BCUT2D eigenvalue weighted by Crippen LogP contribution is -2.15. The largest absolute Gasteiger partial charge is 0.328 e. The summed E-state index contributed by atoms with van der Waals surface area (Å²) in [6.45, 7) is 0. The van der Waals surface area contributed by atoms with Gasteiger partial charge in [-0.15, -0.1) is 0 Å². The Kier molecular flexibility index (Phi) is 3.00. The van der Waals surface area contributed by atoms with Crippen molar-refractivity contribution in [2.24, 2.45) is 11.7 Å². The van der Waals surface area contributed by atoms with Crippen molar-refractivity contribution >= 4 is 0 Å². The molecule has 2 unspecified atom stereocenters. The first-order valence-electron chi connectivity index (χ1n) is 5.34. The molecule has 2 atom stereocenters. The van der Waals surface area contributed by atoms with Gasteiger partial charge in [-0.05, 0) is 49.3 Å². The summed E-state index contributed by atoms with van der Waals surface area (Å²) in [7, 11) is 0. The first-order valence-corrected chi connectivity index (χ1v) is 5.34. The van der Waals surface area contributed by atoms with E-state index in [0.717, 1.165) is 37.3 Å². The van der Waals surface area contributed by atoms with Gasteiger partial charge in [-0.1, -0.05) is 0 Å². The van der Waals surface area contributed by atoms with Gasteiger partial charge in [0.15, 0.2) is 0 Å². The van der Waals surface area contributed by atoms with Crippen LogP contribution in [0.5, 0.6) is 0 Å². The second kappa shape index (κ2) is 4.27. The van der Waals surface area contributed by atoms with Crippen molar-refractivity contribution in [1.29, 1.82) is 0 Å². The van der Waals surface area contributed by atoms with E-state index in [9.17, 15) is 8.78 Å². The van der Waals surface area contributed by atoms with Gasteiger partial charge in [0.1, 0.15) is 11.6 Å². The van der Waals surface area contributed by atoms with E-state index >= 15 is 0 Å². The van der Waals surface area contributed by atoms with Crippen LogP contribution in [0, 0.1) is 17.6 Å². The minimum atomic E-state index is -0.493. The van der Waals surface area contributed by atoms with Crippen molar-refractivity contribution < 1.29 is 8.78 Å². The maximum absolute atomic E-state index is 12.9. The highest BCUT2D eigenvalue weighted by Crippen LogP contribution is 2.27. The standard InChI is InChI=1S/C12H15F2N/c13-10-4-9(5-11(14)7-10)3-8-1-2-12(15)6-8/h4-5,7-8,12H,1-3,6,15H2. The Hall–Kier alpha value is -0.960. The lowest BCUT2D eigenvalue weighted by atomic mass is 9.98. The van der Waals surface area contributed by atoms with Gasteiger partial charge < -0.3 is 5.73 Å². The quantitative estimate of drug-likeness (QED) is 0.799. The Morgan fingerprint density at radius 2 is 1.80 bits per heavy atom. The minimum Gasteiger partial charge on any atom is -0.328 e. The Morgan fingerprint density at radius 1 is 1.13 bits per heavy atom. The summed E-state index contributed by atoms with van der Waals surface area (Å²) in [6, 6.07) is 4.00. The monoisotopic (exact) mass is 211 g/mol. The zero-order valence-electron chi connectivity index (χ0n) is 8.55. The lowest BCUT2D eigenvalue weighted by Gasteiger charge is -2.09. The second-order valence-corrected chi connectivity index (χ2v) is 4.42. The highest BCUT2D eigenvalue weighted by atomic mass is 19.1. The molecule has 3 heteroatoms. The van der Waals surface area contributed by atoms with E-state index in [2.05, 4.69) is 0 Å². The molecule has 2 N–H and O–H groups in total. The van der Waals surface area contributed by atoms with Crippen LogP contribution in [0.1, 0.15) is 24.8 Å². The zero-order valence-corrected chi connectivity index (χ0v) is 8.55. The van der Waals surface area contributed by atoms with Crippen molar-refractivity contribution in [2.45, 2.75) is 31.7 Å². The fourth-order valence-electron chi connectivity index (χ4n) is 2.36. The average molecular weight is 211 g/mol. The van der Waals surface area contributed by atoms with E-state index in [1.54, 1.807) is 0 Å². The third-order valence-electron chi connectivity index (χ3n) is 3.03. The van der Waals surface area contributed by atoms with Crippen LogP contribution in [0.25, 0.3) is 0 Å². The van der Waals surface area contributed by atoms with E-state index in [1.807, 2.05) is 0 Å². The van der Waals surface area contributed by atoms with Crippen LogP contribution in [-0.2, 0) is 6.42 Å². The third kappa shape index (κ3) is 2.75. The summed E-state index contributed by atoms with van der Waals surface area (Å²) >= 11 is 0. The van der Waals surface area contributed by atoms with Crippen molar-refractivity contribution in [3.05, 3.63) is 35.4 Å². The van der Waals surface area contributed by atoms with Crippen LogP contribution in [-0.4, -0.2) is 6.04 Å². The van der Waals surface area contributed by atoms with Crippen molar-refractivity contribution in [1.82, 2.24) is 0 Å². The molecule has 0 radical (unpaired) electrons. The summed E-state index contributed by atoms with van der Waals surface area (Å²) in [4.78, 5) is 0. The Bertz CT molecular complexity index is 331. The van der Waals surface area contributed by atoms with Crippen molar-refractivity contribution in [3.8, 4) is 0 Å². The molecule has 0 saturated heterocycles. The van der Waals surface area contributed by atoms with Gasteiger partial charge in [0.05, 0.1) is 0 Å². The molecule has 1 aromatic carbocycles. The van der Waals surface area contributed by atoms with Gasteiger partial charge in [0, 0.05) is 12.1 Å². The van der Waals surface area contributed by atoms with Crippen LogP contribution in [0.15, 0.2) is 18.2 Å². The summed E-state index contributed by atoms with van der Waals surface area (Å²) < 4.78 is 25.8. The van der Waals surface area contributed by atoms with E-state index in [1.165, 1.54) is 12.1 Å². The van der Waals surface area contributed by atoms with Crippen LogP contribution in [0.3, 0.4) is 0 Å². The molecule has 0 amide bonds. The second-order valence-electron chi connectivity index (χ2n) is 4.42.